The average Bonchev–Trinajstić information content (AvgIpc) is 3.19. The molecule has 1 N–H and O–H groups in total. The number of fused-ring (bicyclic) bond motifs is 1. The molecule has 170 valence electrons. The normalized spacial score (nSPS) is 11.5. The molecular weight excluding hydrogens is 441 g/mol. The van der Waals surface area contributed by atoms with Crippen LogP contribution in [0.2, 0.25) is 0 Å². The number of alkyl halides is 3. The van der Waals surface area contributed by atoms with Gasteiger partial charge in [-0.2, -0.15) is 13.2 Å². The quantitative estimate of drug-likeness (QED) is 0.477. The predicted molar refractivity (Wildman–Crippen MR) is 112 cm³/mol. The first kappa shape index (κ1) is 22.0. The topological polar surface area (TPSA) is 104 Å². The molecule has 2 heterocycles. The summed E-state index contributed by atoms with van der Waals surface area (Å²) in [5, 5.41) is 10.2. The molecule has 0 unspecified atom stereocenters. The highest BCUT2D eigenvalue weighted by molar-refractivity contribution is 5.90. The number of hydrogen-bond donors (Lipinski definition) is 1. The summed E-state index contributed by atoms with van der Waals surface area (Å²) in [4.78, 5) is 29.2. The lowest BCUT2D eigenvalue weighted by molar-refractivity contribution is -0.137. The van der Waals surface area contributed by atoms with Crippen LogP contribution in [0.3, 0.4) is 0 Å². The number of methoxy groups -OCH3 is 1. The summed E-state index contributed by atoms with van der Waals surface area (Å²) in [5.74, 6) is -0.0274. The van der Waals surface area contributed by atoms with Crippen molar-refractivity contribution in [2.45, 2.75) is 19.3 Å². The number of rotatable bonds is 6. The largest absolute Gasteiger partial charge is 0.497 e. The van der Waals surface area contributed by atoms with E-state index in [0.717, 1.165) is 22.3 Å². The number of anilines is 1. The van der Waals surface area contributed by atoms with E-state index in [-0.39, 0.29) is 16.9 Å². The van der Waals surface area contributed by atoms with Gasteiger partial charge in [0.05, 0.1) is 19.2 Å². The number of aromatic nitrogens is 5. The van der Waals surface area contributed by atoms with Crippen molar-refractivity contribution in [3.8, 4) is 5.75 Å². The lowest BCUT2D eigenvalue weighted by atomic mass is 10.2. The monoisotopic (exact) mass is 458 g/mol. The Morgan fingerprint density at radius 3 is 2.70 bits per heavy atom. The van der Waals surface area contributed by atoms with Crippen LogP contribution in [0, 0.1) is 0 Å². The van der Waals surface area contributed by atoms with E-state index in [9.17, 15) is 22.8 Å². The molecule has 4 aromatic rings. The number of nitrogens with zero attached hydrogens (tertiary/aromatic N) is 5. The van der Waals surface area contributed by atoms with E-state index < -0.39 is 29.8 Å². The van der Waals surface area contributed by atoms with Crippen molar-refractivity contribution in [2.75, 3.05) is 12.4 Å². The standard InChI is InChI=1S/C21H17F3N6O3/c1-33-16-7-2-4-13(8-16)10-30-19-18(27-28-30)20(32)29(12-25-19)11-17(31)26-15-6-3-5-14(9-15)21(22,23)24/h2-9,12H,10-11H2,1H3,(H,26,31). The molecule has 0 saturated heterocycles. The van der Waals surface area contributed by atoms with Crippen LogP contribution >= 0.6 is 0 Å². The molecule has 0 aliphatic rings. The van der Waals surface area contributed by atoms with E-state index in [1.165, 1.54) is 23.1 Å². The minimum absolute atomic E-state index is 0.0349. The fraction of sp³-hybridized carbons (Fsp3) is 0.190. The summed E-state index contributed by atoms with van der Waals surface area (Å²) in [6.45, 7) is -0.166. The molecule has 4 rings (SSSR count). The summed E-state index contributed by atoms with van der Waals surface area (Å²) in [7, 11) is 1.55. The third-order valence-corrected chi connectivity index (χ3v) is 4.75. The van der Waals surface area contributed by atoms with E-state index in [1.807, 2.05) is 18.2 Å². The summed E-state index contributed by atoms with van der Waals surface area (Å²) in [6.07, 6.45) is -3.37. The van der Waals surface area contributed by atoms with Crippen LogP contribution in [0.25, 0.3) is 11.2 Å². The van der Waals surface area contributed by atoms with Gasteiger partial charge in [0.15, 0.2) is 11.2 Å². The first-order valence-corrected chi connectivity index (χ1v) is 9.63. The van der Waals surface area contributed by atoms with Gasteiger partial charge in [0.1, 0.15) is 18.6 Å². The van der Waals surface area contributed by atoms with E-state index >= 15 is 0 Å². The van der Waals surface area contributed by atoms with Gasteiger partial charge in [-0.3, -0.25) is 14.2 Å². The smallest absolute Gasteiger partial charge is 0.416 e. The number of carbonyl (C=O) groups excluding carboxylic acids is 1. The molecule has 9 nitrogen and oxygen atoms in total. The zero-order chi connectivity index (χ0) is 23.6. The lowest BCUT2D eigenvalue weighted by Gasteiger charge is -2.10. The molecule has 1 amide bonds. The van der Waals surface area contributed by atoms with Crippen molar-refractivity contribution in [1.29, 1.82) is 0 Å². The van der Waals surface area contributed by atoms with Gasteiger partial charge in [0.2, 0.25) is 5.91 Å². The maximum Gasteiger partial charge on any atom is 0.416 e. The number of hydrogen-bond acceptors (Lipinski definition) is 6. The van der Waals surface area contributed by atoms with E-state index in [0.29, 0.717) is 12.3 Å². The molecule has 0 atom stereocenters. The van der Waals surface area contributed by atoms with Gasteiger partial charge in [0.25, 0.3) is 5.56 Å². The highest BCUT2D eigenvalue weighted by Crippen LogP contribution is 2.30. The molecule has 12 heteroatoms. The van der Waals surface area contributed by atoms with Crippen LogP contribution in [0.1, 0.15) is 11.1 Å². The van der Waals surface area contributed by atoms with Gasteiger partial charge in [0, 0.05) is 5.69 Å². The Labute approximate surface area is 184 Å². The fourth-order valence-corrected chi connectivity index (χ4v) is 3.18. The summed E-state index contributed by atoms with van der Waals surface area (Å²) in [6, 6.07) is 11.5. The van der Waals surface area contributed by atoms with Crippen molar-refractivity contribution >= 4 is 22.8 Å². The van der Waals surface area contributed by atoms with Crippen LogP contribution < -0.4 is 15.6 Å². The Morgan fingerprint density at radius 2 is 1.94 bits per heavy atom. The van der Waals surface area contributed by atoms with Gasteiger partial charge in [-0.05, 0) is 35.9 Å². The first-order valence-electron chi connectivity index (χ1n) is 9.63. The Kier molecular flexibility index (Phi) is 5.82. The van der Waals surface area contributed by atoms with Gasteiger partial charge in [-0.15, -0.1) is 5.10 Å². The van der Waals surface area contributed by atoms with Crippen LogP contribution in [-0.2, 0) is 24.1 Å². The number of benzene rings is 2. The van der Waals surface area contributed by atoms with Crippen LogP contribution in [0.15, 0.2) is 59.7 Å². The highest BCUT2D eigenvalue weighted by atomic mass is 19.4. The van der Waals surface area contributed by atoms with Gasteiger partial charge < -0.3 is 10.1 Å². The maximum absolute atomic E-state index is 12.8. The third-order valence-electron chi connectivity index (χ3n) is 4.75. The zero-order valence-electron chi connectivity index (χ0n) is 17.2. The van der Waals surface area contributed by atoms with E-state index in [2.05, 4.69) is 20.6 Å². The number of nitrogens with one attached hydrogen (secondary N) is 1. The van der Waals surface area contributed by atoms with Crippen molar-refractivity contribution in [3.05, 3.63) is 76.3 Å². The Morgan fingerprint density at radius 1 is 1.15 bits per heavy atom. The highest BCUT2D eigenvalue weighted by Gasteiger charge is 2.30. The molecule has 2 aromatic carbocycles. The van der Waals surface area contributed by atoms with Crippen molar-refractivity contribution in [1.82, 2.24) is 24.5 Å². The molecule has 2 aromatic heterocycles. The Balaban J connectivity index is 1.52. The van der Waals surface area contributed by atoms with Crippen molar-refractivity contribution < 1.29 is 22.7 Å². The first-order chi connectivity index (χ1) is 15.7. The summed E-state index contributed by atoms with van der Waals surface area (Å²) >= 11 is 0. The predicted octanol–water partition coefficient (Wildman–Crippen LogP) is 2.70. The average molecular weight is 458 g/mol. The fourth-order valence-electron chi connectivity index (χ4n) is 3.18. The van der Waals surface area contributed by atoms with Gasteiger partial charge in [-0.25, -0.2) is 9.67 Å². The molecule has 0 saturated carbocycles. The second-order valence-corrected chi connectivity index (χ2v) is 7.08. The minimum Gasteiger partial charge on any atom is -0.497 e. The molecule has 0 radical (unpaired) electrons. The van der Waals surface area contributed by atoms with E-state index in [4.69, 9.17) is 4.74 Å². The van der Waals surface area contributed by atoms with E-state index in [1.54, 1.807) is 13.2 Å². The second kappa shape index (κ2) is 8.73. The second-order valence-electron chi connectivity index (χ2n) is 7.08. The molecule has 0 fully saturated rings. The molecule has 0 bridgehead atoms. The van der Waals surface area contributed by atoms with Gasteiger partial charge in [-0.1, -0.05) is 23.4 Å². The van der Waals surface area contributed by atoms with Crippen LogP contribution in [0.5, 0.6) is 5.75 Å². The SMILES string of the molecule is COc1cccc(Cn2nnc3c(=O)n(CC(=O)Nc4cccc(C(F)(F)F)c4)cnc32)c1. The third kappa shape index (κ3) is 4.84. The summed E-state index contributed by atoms with van der Waals surface area (Å²) in [5.41, 5.74) is -0.484. The molecule has 0 aliphatic heterocycles. The number of ether oxygens (including phenoxy) is 1. The zero-order valence-corrected chi connectivity index (χ0v) is 17.2. The molecule has 33 heavy (non-hydrogen) atoms. The number of carbonyl (C=O) groups is 1. The molecule has 0 spiro atoms. The number of amides is 1. The summed E-state index contributed by atoms with van der Waals surface area (Å²) < 4.78 is 46.2. The van der Waals surface area contributed by atoms with Crippen LogP contribution in [0.4, 0.5) is 18.9 Å². The van der Waals surface area contributed by atoms with Crippen molar-refractivity contribution in [3.63, 3.8) is 0 Å². The lowest BCUT2D eigenvalue weighted by Crippen LogP contribution is -2.28. The maximum atomic E-state index is 12.8. The Hall–Kier alpha value is -4.22. The number of halogens is 3. The molecular formula is C21H17F3N6O3. The van der Waals surface area contributed by atoms with Gasteiger partial charge >= 0.3 is 6.18 Å². The Bertz CT molecular complexity index is 1380. The van der Waals surface area contributed by atoms with Crippen LogP contribution in [-0.4, -0.2) is 37.6 Å². The molecule has 0 aliphatic carbocycles. The minimum atomic E-state index is -4.54. The van der Waals surface area contributed by atoms with Crippen molar-refractivity contribution in [2.24, 2.45) is 0 Å².